The molecule has 6 N–H and O–H groups in total. The van der Waals surface area contributed by atoms with Crippen molar-refractivity contribution in [2.75, 3.05) is 6.54 Å². The summed E-state index contributed by atoms with van der Waals surface area (Å²) in [4.78, 5) is 29.8. The predicted octanol–water partition coefficient (Wildman–Crippen LogP) is 4.06. The number of imidazole rings is 1. The van der Waals surface area contributed by atoms with Crippen LogP contribution in [-0.4, -0.2) is 44.5 Å². The maximum absolute atomic E-state index is 12.7. The number of benzene rings is 1. The van der Waals surface area contributed by atoms with E-state index in [-0.39, 0.29) is 30.1 Å². The van der Waals surface area contributed by atoms with Gasteiger partial charge in [-0.25, -0.2) is 4.98 Å². The van der Waals surface area contributed by atoms with E-state index >= 15 is 0 Å². The molecule has 4 atom stereocenters. The average molecular weight is 553 g/mol. The van der Waals surface area contributed by atoms with E-state index in [0.717, 1.165) is 41.8 Å². The number of aromatic nitrogens is 3. The summed E-state index contributed by atoms with van der Waals surface area (Å²) in [5.41, 5.74) is 15.1. The third-order valence-electron chi connectivity index (χ3n) is 7.41. The third kappa shape index (κ3) is 5.14. The molecule has 0 bridgehead atoms. The van der Waals surface area contributed by atoms with Gasteiger partial charge in [0.15, 0.2) is 0 Å². The first-order valence-corrected chi connectivity index (χ1v) is 13.6. The number of rotatable bonds is 9. The van der Waals surface area contributed by atoms with Crippen molar-refractivity contribution in [1.82, 2.24) is 20.3 Å². The molecule has 0 fully saturated rings. The average Bonchev–Trinajstić information content (AvgIpc) is 3.33. The zero-order valence-corrected chi connectivity index (χ0v) is 22.4. The molecule has 5 rings (SSSR count). The fourth-order valence-electron chi connectivity index (χ4n) is 5.37. The molecular formula is C28H31Cl2N7O. The molecule has 0 saturated carbocycles. The van der Waals surface area contributed by atoms with Crippen molar-refractivity contribution in [1.29, 1.82) is 0 Å². The fraction of sp³-hybridized carbons (Fsp3) is 0.357. The molecular weight excluding hydrogens is 521 g/mol. The zero-order chi connectivity index (χ0) is 26.7. The Morgan fingerprint density at radius 1 is 1.29 bits per heavy atom. The number of nitrogens with one attached hydrogen (secondary N) is 2. The van der Waals surface area contributed by atoms with Gasteiger partial charge in [0.05, 0.1) is 38.9 Å². The smallest absolute Gasteiger partial charge is 0.231 e. The number of halogens is 2. The maximum Gasteiger partial charge on any atom is 0.231 e. The number of H-pyrrole nitrogens is 1. The first-order chi connectivity index (χ1) is 18.4. The minimum absolute atomic E-state index is 0.0963. The Kier molecular flexibility index (Phi) is 7.95. The van der Waals surface area contributed by atoms with Crippen molar-refractivity contribution in [2.24, 2.45) is 21.9 Å². The van der Waals surface area contributed by atoms with Crippen LogP contribution < -0.4 is 16.8 Å². The number of carbonyl (C=O) groups excluding carboxylic acids is 1. The van der Waals surface area contributed by atoms with Crippen molar-refractivity contribution in [3.05, 3.63) is 83.1 Å². The van der Waals surface area contributed by atoms with E-state index in [2.05, 4.69) is 26.3 Å². The van der Waals surface area contributed by atoms with E-state index in [0.29, 0.717) is 12.1 Å². The summed E-state index contributed by atoms with van der Waals surface area (Å²) >= 11 is 13.2. The molecule has 198 valence electrons. The second-order valence-electron chi connectivity index (χ2n) is 9.80. The molecule has 8 nitrogen and oxygen atoms in total. The van der Waals surface area contributed by atoms with Crippen LogP contribution in [0.4, 0.5) is 0 Å². The molecule has 2 aromatic heterocycles. The van der Waals surface area contributed by atoms with Gasteiger partial charge >= 0.3 is 0 Å². The molecule has 3 heterocycles. The number of fused-ring (bicyclic) bond motifs is 2. The van der Waals surface area contributed by atoms with Crippen LogP contribution in [0.3, 0.4) is 0 Å². The normalized spacial score (nSPS) is 24.2. The summed E-state index contributed by atoms with van der Waals surface area (Å²) in [6.07, 6.45) is 11.1. The minimum Gasteiger partial charge on any atom is -0.369 e. The Morgan fingerprint density at radius 2 is 2.13 bits per heavy atom. The molecule has 1 aliphatic carbocycles. The van der Waals surface area contributed by atoms with Gasteiger partial charge in [0.25, 0.3) is 0 Å². The number of hydrogen-bond donors (Lipinski definition) is 4. The summed E-state index contributed by atoms with van der Waals surface area (Å²) in [7, 11) is 0. The lowest BCUT2D eigenvalue weighted by molar-refractivity contribution is -0.125. The van der Waals surface area contributed by atoms with Crippen LogP contribution in [-0.2, 0) is 17.6 Å². The van der Waals surface area contributed by atoms with Gasteiger partial charge in [-0.15, -0.1) is 11.6 Å². The quantitative estimate of drug-likeness (QED) is 0.235. The van der Waals surface area contributed by atoms with Gasteiger partial charge in [0, 0.05) is 31.4 Å². The number of amides is 1. The molecule has 0 spiro atoms. The lowest BCUT2D eigenvalue weighted by Gasteiger charge is -2.36. The molecule has 1 aromatic carbocycles. The molecule has 1 amide bonds. The van der Waals surface area contributed by atoms with E-state index in [1.807, 2.05) is 48.7 Å². The fourth-order valence-corrected chi connectivity index (χ4v) is 6.21. The van der Waals surface area contributed by atoms with Crippen LogP contribution in [0.1, 0.15) is 42.4 Å². The third-order valence-corrected chi connectivity index (χ3v) is 8.47. The van der Waals surface area contributed by atoms with Gasteiger partial charge < -0.3 is 21.8 Å². The Labute approximate surface area is 231 Å². The number of nitrogens with zero attached hydrogens (tertiary/aromatic N) is 3. The van der Waals surface area contributed by atoms with Gasteiger partial charge in [0.1, 0.15) is 11.2 Å². The second-order valence-corrected chi connectivity index (χ2v) is 10.6. The number of carbonyl (C=O) groups is 1. The molecule has 2 aliphatic rings. The Morgan fingerprint density at radius 3 is 2.92 bits per heavy atom. The highest BCUT2D eigenvalue weighted by Gasteiger charge is 2.49. The number of nitrogens with two attached hydrogens (primary N) is 2. The number of aromatic amines is 1. The van der Waals surface area contributed by atoms with Gasteiger partial charge in [0.2, 0.25) is 5.91 Å². The van der Waals surface area contributed by atoms with Crippen molar-refractivity contribution < 1.29 is 4.79 Å². The van der Waals surface area contributed by atoms with Crippen molar-refractivity contribution in [2.45, 2.75) is 49.6 Å². The summed E-state index contributed by atoms with van der Waals surface area (Å²) in [6, 6.07) is 12.1. The first-order valence-electron chi connectivity index (χ1n) is 12.8. The molecule has 0 saturated heterocycles. The van der Waals surface area contributed by atoms with Crippen molar-refractivity contribution >= 4 is 45.9 Å². The summed E-state index contributed by atoms with van der Waals surface area (Å²) in [5.74, 6) is 0.245. The Bertz CT molecular complexity index is 1380. The molecule has 3 aromatic rings. The standard InChI is InChI=1S/C28H31Cl2N7O/c29-23-16-34-22(15-31)26(30)28(23,27(32)38)12-4-8-18(14-24-36-19-9-1-2-10-20(19)37-24)35-21-11-3-6-17-7-5-13-33-25(17)21/h1-2,4-5,7-10,13,16,18,21,26,35H,3,6,11-12,14-15,31H2,(H2,32,38)(H,36,37)/b8-4+/t18-,21?,26?,28?/m1/s1. The lowest BCUT2D eigenvalue weighted by Crippen LogP contribution is -2.50. The molecule has 10 heteroatoms. The topological polar surface area (TPSA) is 135 Å². The van der Waals surface area contributed by atoms with E-state index < -0.39 is 16.7 Å². The monoisotopic (exact) mass is 551 g/mol. The Hall–Kier alpha value is -3.04. The summed E-state index contributed by atoms with van der Waals surface area (Å²) < 4.78 is 0. The van der Waals surface area contributed by atoms with Crippen LogP contribution in [0.15, 0.2) is 71.0 Å². The maximum atomic E-state index is 12.7. The zero-order valence-electron chi connectivity index (χ0n) is 20.9. The highest BCUT2D eigenvalue weighted by Crippen LogP contribution is 2.44. The van der Waals surface area contributed by atoms with Crippen LogP contribution in [0.25, 0.3) is 11.0 Å². The number of hydrogen-bond acceptors (Lipinski definition) is 6. The molecule has 1 aliphatic heterocycles. The number of allylic oxidation sites excluding steroid dienone is 1. The van der Waals surface area contributed by atoms with Crippen LogP contribution in [0.5, 0.6) is 0 Å². The van der Waals surface area contributed by atoms with Gasteiger partial charge in [-0.1, -0.05) is 42.0 Å². The Balaban J connectivity index is 1.43. The van der Waals surface area contributed by atoms with E-state index in [4.69, 9.17) is 39.7 Å². The van der Waals surface area contributed by atoms with E-state index in [9.17, 15) is 4.79 Å². The first kappa shape index (κ1) is 26.6. The number of alkyl halides is 1. The summed E-state index contributed by atoms with van der Waals surface area (Å²) in [5, 5.41) is 3.15. The molecule has 3 unspecified atom stereocenters. The largest absolute Gasteiger partial charge is 0.369 e. The minimum atomic E-state index is -1.32. The highest BCUT2D eigenvalue weighted by atomic mass is 35.5. The number of primary amides is 1. The van der Waals surface area contributed by atoms with Gasteiger partial charge in [-0.3, -0.25) is 14.8 Å². The van der Waals surface area contributed by atoms with Gasteiger partial charge in [-0.2, -0.15) is 0 Å². The lowest BCUT2D eigenvalue weighted by atomic mass is 9.76. The number of pyridine rings is 1. The van der Waals surface area contributed by atoms with Gasteiger partial charge in [-0.05, 0) is 49.4 Å². The van der Waals surface area contributed by atoms with Crippen molar-refractivity contribution in [3.8, 4) is 0 Å². The van der Waals surface area contributed by atoms with Crippen LogP contribution in [0, 0.1) is 5.41 Å². The number of para-hydroxylation sites is 2. The SMILES string of the molecule is NCC1=NC=C(Cl)C(C/C=C/[C@H](Cc2nc3ccccc3[nH]2)NC2CCCc3cccnc32)(C(N)=O)C1Cl. The van der Waals surface area contributed by atoms with E-state index in [1.165, 1.54) is 11.8 Å². The number of aryl methyl sites for hydroxylation is 1. The second kappa shape index (κ2) is 11.4. The van der Waals surface area contributed by atoms with E-state index in [1.54, 1.807) is 0 Å². The van der Waals surface area contributed by atoms with Crippen LogP contribution >= 0.6 is 23.2 Å². The van der Waals surface area contributed by atoms with Crippen LogP contribution in [0.2, 0.25) is 0 Å². The molecule has 38 heavy (non-hydrogen) atoms. The molecule has 0 radical (unpaired) electrons. The predicted molar refractivity (Wildman–Crippen MR) is 152 cm³/mol. The number of aliphatic imine (C=N–C) groups is 1. The highest BCUT2D eigenvalue weighted by molar-refractivity contribution is 6.40. The summed E-state index contributed by atoms with van der Waals surface area (Å²) in [6.45, 7) is 0.109. The van der Waals surface area contributed by atoms with Crippen molar-refractivity contribution in [3.63, 3.8) is 0 Å².